The van der Waals surface area contributed by atoms with Crippen LogP contribution >= 0.6 is 0 Å². The molecule has 32 heavy (non-hydrogen) atoms. The number of piperidine rings is 2. The van der Waals surface area contributed by atoms with Crippen molar-refractivity contribution in [3.05, 3.63) is 71.8 Å². The lowest BCUT2D eigenvalue weighted by Crippen LogP contribution is -2.70. The first-order valence-electron chi connectivity index (χ1n) is 11.5. The molecule has 164 valence electrons. The third kappa shape index (κ3) is 2.91. The lowest BCUT2D eigenvalue weighted by atomic mass is 9.69. The average molecular weight is 429 g/mol. The van der Waals surface area contributed by atoms with E-state index in [4.69, 9.17) is 9.47 Å². The van der Waals surface area contributed by atoms with E-state index in [1.165, 1.54) is 16.3 Å². The zero-order chi connectivity index (χ0) is 21.9. The predicted molar refractivity (Wildman–Crippen MR) is 124 cm³/mol. The summed E-state index contributed by atoms with van der Waals surface area (Å²) in [6.07, 6.45) is 1.27. The Kier molecular flexibility index (Phi) is 4.44. The molecule has 5 nitrogen and oxygen atoms in total. The number of hydrogen-bond donors (Lipinski definition) is 1. The Morgan fingerprint density at radius 3 is 2.88 bits per heavy atom. The Morgan fingerprint density at radius 1 is 1.16 bits per heavy atom. The molecule has 2 bridgehead atoms. The van der Waals surface area contributed by atoms with E-state index in [1.807, 2.05) is 12.1 Å². The summed E-state index contributed by atoms with van der Waals surface area (Å²) in [5.74, 6) is 2.09. The molecule has 0 radical (unpaired) electrons. The summed E-state index contributed by atoms with van der Waals surface area (Å²) in [6, 6.07) is 21.4. The summed E-state index contributed by atoms with van der Waals surface area (Å²) in [5.41, 5.74) is 1.84. The minimum atomic E-state index is -0.615. The standard InChI is InChI=1S/C27H28N2O3/c1-17(20-9-5-7-18-6-3-4-8-21(18)20)29-13-12-27-24(16-29)22(15-26(30)28-27)23-14-19(31-2)10-11-25(23)32-27/h3-11,14,17,22,24H,12-13,15-16H2,1-2H3,(H,28,30)/t17-,22-,24+,27+/m1/s1. The largest absolute Gasteiger partial charge is 0.497 e. The average Bonchev–Trinajstić information content (AvgIpc) is 2.82. The van der Waals surface area contributed by atoms with Crippen molar-refractivity contribution in [2.45, 2.75) is 37.5 Å². The minimum absolute atomic E-state index is 0.0790. The van der Waals surface area contributed by atoms with E-state index in [1.54, 1.807) is 7.11 Å². The van der Waals surface area contributed by atoms with Crippen LogP contribution in [0.15, 0.2) is 60.7 Å². The van der Waals surface area contributed by atoms with Gasteiger partial charge in [-0.2, -0.15) is 0 Å². The molecule has 0 saturated carbocycles. The molecule has 1 N–H and O–H groups in total. The molecule has 0 unspecified atom stereocenters. The van der Waals surface area contributed by atoms with Crippen molar-refractivity contribution >= 4 is 16.7 Å². The number of ether oxygens (including phenoxy) is 2. The second-order valence-electron chi connectivity index (χ2n) is 9.35. The van der Waals surface area contributed by atoms with Crippen LogP contribution in [-0.4, -0.2) is 36.7 Å². The van der Waals surface area contributed by atoms with E-state index in [9.17, 15) is 4.79 Å². The maximum atomic E-state index is 12.6. The molecule has 3 aromatic rings. The van der Waals surface area contributed by atoms with Crippen LogP contribution in [0, 0.1) is 5.92 Å². The highest BCUT2D eigenvalue weighted by molar-refractivity contribution is 5.86. The smallest absolute Gasteiger partial charge is 0.223 e. The number of nitrogens with zero attached hydrogens (tertiary/aromatic N) is 1. The van der Waals surface area contributed by atoms with Crippen LogP contribution in [0.3, 0.4) is 0 Å². The molecule has 3 heterocycles. The summed E-state index contributed by atoms with van der Waals surface area (Å²) < 4.78 is 12.0. The molecule has 5 heteroatoms. The Labute approximate surface area is 188 Å². The normalized spacial score (nSPS) is 27.6. The van der Waals surface area contributed by atoms with Gasteiger partial charge in [0, 0.05) is 49.4 Å². The Hall–Kier alpha value is -3.05. The number of hydrogen-bond acceptors (Lipinski definition) is 4. The first kappa shape index (κ1) is 19.6. The van der Waals surface area contributed by atoms with Crippen molar-refractivity contribution in [1.29, 1.82) is 0 Å². The number of rotatable bonds is 3. The van der Waals surface area contributed by atoms with Gasteiger partial charge in [0.1, 0.15) is 11.5 Å². The van der Waals surface area contributed by atoms with Crippen molar-refractivity contribution in [1.82, 2.24) is 10.2 Å². The van der Waals surface area contributed by atoms with Crippen molar-refractivity contribution in [3.8, 4) is 11.5 Å². The van der Waals surface area contributed by atoms with Gasteiger partial charge in [-0.15, -0.1) is 0 Å². The van der Waals surface area contributed by atoms with Gasteiger partial charge in [-0.05, 0) is 41.5 Å². The Morgan fingerprint density at radius 2 is 2.00 bits per heavy atom. The van der Waals surface area contributed by atoms with Crippen molar-refractivity contribution in [2.75, 3.05) is 20.2 Å². The maximum Gasteiger partial charge on any atom is 0.223 e. The minimum Gasteiger partial charge on any atom is -0.497 e. The highest BCUT2D eigenvalue weighted by atomic mass is 16.5. The molecule has 4 atom stereocenters. The molecule has 2 saturated heterocycles. The van der Waals surface area contributed by atoms with Crippen molar-refractivity contribution in [2.24, 2.45) is 5.92 Å². The van der Waals surface area contributed by atoms with E-state index in [2.05, 4.69) is 65.7 Å². The molecule has 3 aromatic carbocycles. The number of fused-ring (bicyclic) bond motifs is 3. The number of likely N-dealkylation sites (tertiary alicyclic amines) is 1. The lowest BCUT2D eigenvalue weighted by molar-refractivity contribution is -0.154. The quantitative estimate of drug-likeness (QED) is 0.661. The monoisotopic (exact) mass is 428 g/mol. The fourth-order valence-electron chi connectivity index (χ4n) is 6.10. The van der Waals surface area contributed by atoms with Crippen LogP contribution in [0.5, 0.6) is 11.5 Å². The van der Waals surface area contributed by atoms with E-state index in [0.29, 0.717) is 6.42 Å². The predicted octanol–water partition coefficient (Wildman–Crippen LogP) is 4.62. The van der Waals surface area contributed by atoms with E-state index in [-0.39, 0.29) is 23.8 Å². The molecule has 6 rings (SSSR count). The zero-order valence-corrected chi connectivity index (χ0v) is 18.5. The molecule has 0 aliphatic carbocycles. The first-order valence-corrected chi connectivity index (χ1v) is 11.5. The molecular formula is C27H28N2O3. The summed E-state index contributed by atoms with van der Waals surface area (Å²) in [7, 11) is 1.68. The van der Waals surface area contributed by atoms with Gasteiger partial charge in [0.2, 0.25) is 5.91 Å². The van der Waals surface area contributed by atoms with Gasteiger partial charge in [0.05, 0.1) is 7.11 Å². The van der Waals surface area contributed by atoms with Gasteiger partial charge < -0.3 is 14.8 Å². The molecule has 3 aliphatic heterocycles. The van der Waals surface area contributed by atoms with Gasteiger partial charge in [-0.3, -0.25) is 9.69 Å². The van der Waals surface area contributed by atoms with Crippen LogP contribution in [-0.2, 0) is 4.79 Å². The summed E-state index contributed by atoms with van der Waals surface area (Å²) in [6.45, 7) is 4.06. The van der Waals surface area contributed by atoms with Crippen LogP contribution in [0.25, 0.3) is 10.8 Å². The van der Waals surface area contributed by atoms with E-state index >= 15 is 0 Å². The van der Waals surface area contributed by atoms with E-state index < -0.39 is 5.72 Å². The number of carbonyl (C=O) groups excluding carboxylic acids is 1. The first-order chi connectivity index (χ1) is 15.6. The van der Waals surface area contributed by atoms with Crippen LogP contribution in [0.2, 0.25) is 0 Å². The SMILES string of the molecule is COc1ccc2c(c1)[C@H]1CC(=O)N[C@@]3(CCN([C@H](C)c4cccc5ccccc45)C[C@@H]13)O2. The van der Waals surface area contributed by atoms with Crippen LogP contribution < -0.4 is 14.8 Å². The van der Waals surface area contributed by atoms with Crippen LogP contribution in [0.1, 0.15) is 42.9 Å². The summed E-state index contributed by atoms with van der Waals surface area (Å²) in [5, 5.41) is 5.83. The zero-order valence-electron chi connectivity index (χ0n) is 18.5. The van der Waals surface area contributed by atoms with Gasteiger partial charge in [0.15, 0.2) is 5.72 Å². The number of methoxy groups -OCH3 is 1. The van der Waals surface area contributed by atoms with Crippen molar-refractivity contribution in [3.63, 3.8) is 0 Å². The number of amides is 1. The molecule has 0 spiro atoms. The fraction of sp³-hybridized carbons (Fsp3) is 0.370. The molecule has 0 aromatic heterocycles. The number of carbonyl (C=O) groups is 1. The van der Waals surface area contributed by atoms with Gasteiger partial charge in [0.25, 0.3) is 0 Å². The number of nitrogens with one attached hydrogen (secondary N) is 1. The Balaban J connectivity index is 1.36. The fourth-order valence-corrected chi connectivity index (χ4v) is 6.10. The molecule has 3 aliphatic rings. The molecule has 1 amide bonds. The molecule has 2 fully saturated rings. The second kappa shape index (κ2) is 7.24. The topological polar surface area (TPSA) is 50.8 Å². The van der Waals surface area contributed by atoms with E-state index in [0.717, 1.165) is 36.6 Å². The maximum absolute atomic E-state index is 12.6. The number of benzene rings is 3. The lowest BCUT2D eigenvalue weighted by Gasteiger charge is -2.56. The van der Waals surface area contributed by atoms with Crippen molar-refractivity contribution < 1.29 is 14.3 Å². The van der Waals surface area contributed by atoms with Gasteiger partial charge in [-0.25, -0.2) is 0 Å². The summed E-state index contributed by atoms with van der Waals surface area (Å²) in [4.78, 5) is 15.2. The third-order valence-electron chi connectivity index (χ3n) is 7.77. The summed E-state index contributed by atoms with van der Waals surface area (Å²) >= 11 is 0. The van der Waals surface area contributed by atoms with Gasteiger partial charge in [-0.1, -0.05) is 42.5 Å². The van der Waals surface area contributed by atoms with Crippen LogP contribution in [0.4, 0.5) is 0 Å². The van der Waals surface area contributed by atoms with Gasteiger partial charge >= 0.3 is 0 Å². The Bertz CT molecular complexity index is 1200. The third-order valence-corrected chi connectivity index (χ3v) is 7.77. The highest BCUT2D eigenvalue weighted by Gasteiger charge is 2.57. The molecular weight excluding hydrogens is 400 g/mol. The second-order valence-corrected chi connectivity index (χ2v) is 9.35. The highest BCUT2D eigenvalue weighted by Crippen LogP contribution is 2.52.